The predicted octanol–water partition coefficient (Wildman–Crippen LogP) is 3.15. The number of thiazole rings is 1. The van der Waals surface area contributed by atoms with Crippen molar-refractivity contribution < 1.29 is 8.42 Å². The predicted molar refractivity (Wildman–Crippen MR) is 79.7 cm³/mol. The van der Waals surface area contributed by atoms with E-state index in [1.165, 1.54) is 29.7 Å². The van der Waals surface area contributed by atoms with Gasteiger partial charge in [-0.1, -0.05) is 35.1 Å². The van der Waals surface area contributed by atoms with E-state index in [1.807, 2.05) is 24.3 Å². The number of pyridine rings is 1. The van der Waals surface area contributed by atoms with Gasteiger partial charge in [-0.2, -0.15) is 0 Å². The number of sulfonamides is 1. The van der Waals surface area contributed by atoms with Gasteiger partial charge in [-0.15, -0.1) is 0 Å². The van der Waals surface area contributed by atoms with Gasteiger partial charge in [-0.25, -0.2) is 18.4 Å². The Balaban J connectivity index is 1.99. The standard InChI is InChI=1S/C12H8ClN3O2S2/c13-11-10(6-3-7-14-11)20(17,18)16-12-15-8-4-1-2-5-9(8)19-12/h1-7H,(H,15,16). The lowest BCUT2D eigenvalue weighted by atomic mass is 10.3. The number of aromatic nitrogens is 2. The third-order valence-electron chi connectivity index (χ3n) is 2.53. The van der Waals surface area contributed by atoms with Crippen molar-refractivity contribution in [3.05, 3.63) is 47.7 Å². The zero-order valence-electron chi connectivity index (χ0n) is 9.95. The van der Waals surface area contributed by atoms with Crippen molar-refractivity contribution in [2.75, 3.05) is 4.72 Å². The summed E-state index contributed by atoms with van der Waals surface area (Å²) in [6.07, 6.45) is 1.43. The third kappa shape index (κ3) is 2.47. The molecule has 0 spiro atoms. The van der Waals surface area contributed by atoms with E-state index in [-0.39, 0.29) is 10.0 Å². The van der Waals surface area contributed by atoms with E-state index in [1.54, 1.807) is 0 Å². The molecule has 3 aromatic rings. The van der Waals surface area contributed by atoms with Crippen LogP contribution in [0.15, 0.2) is 47.5 Å². The zero-order valence-corrected chi connectivity index (χ0v) is 12.3. The Hall–Kier alpha value is -1.70. The summed E-state index contributed by atoms with van der Waals surface area (Å²) in [4.78, 5) is 7.91. The first-order chi connectivity index (χ1) is 9.56. The molecule has 0 radical (unpaired) electrons. The Kier molecular flexibility index (Phi) is 3.33. The molecular weight excluding hydrogens is 318 g/mol. The average Bonchev–Trinajstić information content (AvgIpc) is 2.80. The number of para-hydroxylation sites is 1. The van der Waals surface area contributed by atoms with Crippen molar-refractivity contribution in [2.24, 2.45) is 0 Å². The minimum atomic E-state index is -3.79. The van der Waals surface area contributed by atoms with E-state index in [0.29, 0.717) is 5.13 Å². The van der Waals surface area contributed by atoms with Crippen LogP contribution in [0.5, 0.6) is 0 Å². The molecule has 0 bridgehead atoms. The summed E-state index contributed by atoms with van der Waals surface area (Å²) in [6.45, 7) is 0. The van der Waals surface area contributed by atoms with Crippen LogP contribution in [-0.2, 0) is 10.0 Å². The van der Waals surface area contributed by atoms with Crippen molar-refractivity contribution in [1.29, 1.82) is 0 Å². The van der Waals surface area contributed by atoms with E-state index in [2.05, 4.69) is 14.7 Å². The van der Waals surface area contributed by atoms with Gasteiger partial charge in [0.1, 0.15) is 10.0 Å². The van der Waals surface area contributed by atoms with Crippen LogP contribution in [0.3, 0.4) is 0 Å². The van der Waals surface area contributed by atoms with Crippen LogP contribution in [0, 0.1) is 0 Å². The molecule has 1 N–H and O–H groups in total. The highest BCUT2D eigenvalue weighted by Crippen LogP contribution is 2.28. The number of hydrogen-bond donors (Lipinski definition) is 1. The molecule has 0 saturated heterocycles. The molecule has 0 unspecified atom stereocenters. The summed E-state index contributed by atoms with van der Waals surface area (Å²) in [5.41, 5.74) is 0.743. The molecule has 0 saturated carbocycles. The number of benzene rings is 1. The number of nitrogens with one attached hydrogen (secondary N) is 1. The fraction of sp³-hybridized carbons (Fsp3) is 0. The van der Waals surface area contributed by atoms with Crippen LogP contribution >= 0.6 is 22.9 Å². The van der Waals surface area contributed by atoms with Crippen LogP contribution < -0.4 is 4.72 Å². The summed E-state index contributed by atoms with van der Waals surface area (Å²) in [7, 11) is -3.79. The van der Waals surface area contributed by atoms with Crippen LogP contribution in [0.1, 0.15) is 0 Å². The van der Waals surface area contributed by atoms with Gasteiger partial charge in [0.15, 0.2) is 5.13 Å². The Morgan fingerprint density at radius 1 is 1.15 bits per heavy atom. The molecule has 1 aromatic carbocycles. The lowest BCUT2D eigenvalue weighted by molar-refractivity contribution is 0.601. The van der Waals surface area contributed by atoms with Gasteiger partial charge >= 0.3 is 0 Å². The Labute approximate surface area is 124 Å². The first kappa shape index (κ1) is 13.3. The molecule has 20 heavy (non-hydrogen) atoms. The third-order valence-corrected chi connectivity index (χ3v) is 5.39. The normalized spacial score (nSPS) is 11.7. The van der Waals surface area contributed by atoms with Gasteiger partial charge < -0.3 is 0 Å². The molecular formula is C12H8ClN3O2S2. The zero-order chi connectivity index (χ0) is 14.2. The molecule has 0 amide bonds. The lowest BCUT2D eigenvalue weighted by Crippen LogP contribution is -2.13. The summed E-state index contributed by atoms with van der Waals surface area (Å²) < 4.78 is 27.8. The lowest BCUT2D eigenvalue weighted by Gasteiger charge is -2.05. The second-order valence-corrected chi connectivity index (χ2v) is 6.92. The first-order valence-electron chi connectivity index (χ1n) is 5.55. The smallest absolute Gasteiger partial charge is 0.255 e. The molecule has 0 fully saturated rings. The van der Waals surface area contributed by atoms with Gasteiger partial charge in [-0.3, -0.25) is 4.72 Å². The molecule has 8 heteroatoms. The number of rotatable bonds is 3. The maximum absolute atomic E-state index is 12.2. The van der Waals surface area contributed by atoms with Crippen LogP contribution in [0.4, 0.5) is 5.13 Å². The van der Waals surface area contributed by atoms with E-state index in [9.17, 15) is 8.42 Å². The van der Waals surface area contributed by atoms with Crippen LogP contribution in [0.25, 0.3) is 10.2 Å². The van der Waals surface area contributed by atoms with Gasteiger partial charge in [0.05, 0.1) is 10.2 Å². The second-order valence-electron chi connectivity index (χ2n) is 3.88. The average molecular weight is 326 g/mol. The van der Waals surface area contributed by atoms with Crippen molar-refractivity contribution in [2.45, 2.75) is 4.90 Å². The Bertz CT molecular complexity index is 844. The van der Waals surface area contributed by atoms with E-state index < -0.39 is 10.0 Å². The highest BCUT2D eigenvalue weighted by atomic mass is 35.5. The molecule has 2 heterocycles. The minimum absolute atomic E-state index is 0.0684. The summed E-state index contributed by atoms with van der Waals surface area (Å²) >= 11 is 7.07. The topological polar surface area (TPSA) is 72.0 Å². The van der Waals surface area contributed by atoms with Gasteiger partial charge in [0.25, 0.3) is 10.0 Å². The summed E-state index contributed by atoms with van der Waals surface area (Å²) in [5, 5.41) is 0.229. The second kappa shape index (κ2) is 5.01. The number of fused-ring (bicyclic) bond motifs is 1. The fourth-order valence-electron chi connectivity index (χ4n) is 1.66. The van der Waals surface area contributed by atoms with Crippen LogP contribution in [-0.4, -0.2) is 18.4 Å². The van der Waals surface area contributed by atoms with E-state index in [0.717, 1.165) is 10.2 Å². The highest BCUT2D eigenvalue weighted by molar-refractivity contribution is 7.93. The molecule has 3 rings (SSSR count). The fourth-order valence-corrected chi connectivity index (χ4v) is 4.21. The summed E-state index contributed by atoms with van der Waals surface area (Å²) in [6, 6.07) is 10.3. The van der Waals surface area contributed by atoms with Gasteiger partial charge in [0, 0.05) is 6.20 Å². The van der Waals surface area contributed by atoms with Crippen molar-refractivity contribution >= 4 is 48.3 Å². The Morgan fingerprint density at radius 3 is 2.70 bits per heavy atom. The quantitative estimate of drug-likeness (QED) is 0.751. The maximum atomic E-state index is 12.2. The summed E-state index contributed by atoms with van der Waals surface area (Å²) in [5.74, 6) is 0. The SMILES string of the molecule is O=S(=O)(Nc1nc2ccccc2s1)c1cccnc1Cl. The first-order valence-corrected chi connectivity index (χ1v) is 8.23. The largest absolute Gasteiger partial charge is 0.266 e. The molecule has 102 valence electrons. The monoisotopic (exact) mass is 325 g/mol. The maximum Gasteiger partial charge on any atom is 0.266 e. The number of halogens is 1. The molecule has 5 nitrogen and oxygen atoms in total. The molecule has 0 aliphatic heterocycles. The highest BCUT2D eigenvalue weighted by Gasteiger charge is 2.20. The number of anilines is 1. The van der Waals surface area contributed by atoms with Crippen LogP contribution in [0.2, 0.25) is 5.15 Å². The molecule has 0 aliphatic rings. The minimum Gasteiger partial charge on any atom is -0.255 e. The van der Waals surface area contributed by atoms with E-state index >= 15 is 0 Å². The molecule has 0 atom stereocenters. The number of nitrogens with zero attached hydrogens (tertiary/aromatic N) is 2. The molecule has 0 aliphatic carbocycles. The van der Waals surface area contributed by atoms with Crippen molar-refractivity contribution in [1.82, 2.24) is 9.97 Å². The van der Waals surface area contributed by atoms with E-state index in [4.69, 9.17) is 11.6 Å². The Morgan fingerprint density at radius 2 is 1.95 bits per heavy atom. The van der Waals surface area contributed by atoms with Gasteiger partial charge in [-0.05, 0) is 24.3 Å². The van der Waals surface area contributed by atoms with Crippen molar-refractivity contribution in [3.8, 4) is 0 Å². The molecule has 2 aromatic heterocycles. The number of hydrogen-bond acceptors (Lipinski definition) is 5. The van der Waals surface area contributed by atoms with Gasteiger partial charge in [0.2, 0.25) is 0 Å². The van der Waals surface area contributed by atoms with Crippen molar-refractivity contribution in [3.63, 3.8) is 0 Å².